The van der Waals surface area contributed by atoms with Crippen LogP contribution in [0.4, 0.5) is 5.82 Å². The molecular weight excluding hydrogens is 370 g/mol. The van der Waals surface area contributed by atoms with Gasteiger partial charge in [-0.1, -0.05) is 24.0 Å². The Labute approximate surface area is 160 Å². The van der Waals surface area contributed by atoms with Crippen LogP contribution in [-0.2, 0) is 9.53 Å². The third kappa shape index (κ3) is 3.40. The molecule has 4 rings (SSSR count). The highest BCUT2D eigenvalue weighted by Crippen LogP contribution is 2.32. The molecule has 1 aromatic carbocycles. The quantitative estimate of drug-likeness (QED) is 0.641. The van der Waals surface area contributed by atoms with Crippen LogP contribution in [0.1, 0.15) is 5.56 Å². The number of benzene rings is 1. The number of ether oxygens (including phenoxy) is 2. The molecule has 2 fully saturated rings. The summed E-state index contributed by atoms with van der Waals surface area (Å²) in [5, 5.41) is 3.64. The number of hydrogen-bond donors (Lipinski definition) is 1. The molecule has 1 aromatic heterocycles. The van der Waals surface area contributed by atoms with Crippen molar-refractivity contribution in [2.75, 3.05) is 38.3 Å². The number of nitrogens with one attached hydrogen (secondary N) is 1. The molecule has 134 valence electrons. The summed E-state index contributed by atoms with van der Waals surface area (Å²) in [5.74, 6) is 1.44. The van der Waals surface area contributed by atoms with E-state index in [0.717, 1.165) is 41.1 Å². The molecule has 2 saturated heterocycles. The molecule has 0 bridgehead atoms. The Morgan fingerprint density at radius 3 is 2.85 bits per heavy atom. The molecule has 1 amide bonds. The van der Waals surface area contributed by atoms with Crippen molar-refractivity contribution in [3.8, 4) is 5.75 Å². The molecule has 0 aliphatic carbocycles. The zero-order valence-electron chi connectivity index (χ0n) is 14.2. The Kier molecular flexibility index (Phi) is 4.80. The van der Waals surface area contributed by atoms with Gasteiger partial charge in [0.2, 0.25) is 0 Å². The predicted octanol–water partition coefficient (Wildman–Crippen LogP) is 2.57. The van der Waals surface area contributed by atoms with E-state index in [9.17, 15) is 4.79 Å². The van der Waals surface area contributed by atoms with Gasteiger partial charge in [-0.05, 0) is 24.3 Å². The zero-order chi connectivity index (χ0) is 18.1. The lowest BCUT2D eigenvalue weighted by molar-refractivity contribution is -0.115. The van der Waals surface area contributed by atoms with Gasteiger partial charge >= 0.3 is 0 Å². The standard InChI is InChI=1S/C18H17N3O3S2/c1-23-13-3-2-11-8-12(9-15-17(22)20-18(25)26-15)16(19-14(11)10-13)21-4-6-24-7-5-21/h2-3,8-10H,4-7H2,1H3,(H,20,22,25)/b15-9+. The lowest BCUT2D eigenvalue weighted by atomic mass is 10.1. The average molecular weight is 387 g/mol. The average Bonchev–Trinajstić information content (AvgIpc) is 2.98. The summed E-state index contributed by atoms with van der Waals surface area (Å²) in [6.45, 7) is 2.84. The van der Waals surface area contributed by atoms with Crippen LogP contribution in [0.15, 0.2) is 29.2 Å². The van der Waals surface area contributed by atoms with Crippen LogP contribution in [0, 0.1) is 0 Å². The molecule has 0 saturated carbocycles. The smallest absolute Gasteiger partial charge is 0.263 e. The second kappa shape index (κ2) is 7.22. The van der Waals surface area contributed by atoms with E-state index in [1.165, 1.54) is 11.8 Å². The molecule has 2 aliphatic heterocycles. The van der Waals surface area contributed by atoms with Crippen molar-refractivity contribution >= 4 is 57.0 Å². The fourth-order valence-electron chi connectivity index (χ4n) is 2.98. The minimum absolute atomic E-state index is 0.164. The van der Waals surface area contributed by atoms with E-state index in [1.54, 1.807) is 7.11 Å². The number of pyridine rings is 1. The first kappa shape index (κ1) is 17.3. The normalized spacial score (nSPS) is 19.3. The summed E-state index contributed by atoms with van der Waals surface area (Å²) < 4.78 is 11.3. The molecule has 1 N–H and O–H groups in total. The second-order valence-electron chi connectivity index (χ2n) is 5.91. The van der Waals surface area contributed by atoms with Crippen LogP contribution in [0.25, 0.3) is 17.0 Å². The van der Waals surface area contributed by atoms with Crippen molar-refractivity contribution < 1.29 is 14.3 Å². The number of carbonyl (C=O) groups is 1. The number of thiocarbonyl (C=S) groups is 1. The van der Waals surface area contributed by atoms with Gasteiger partial charge < -0.3 is 19.7 Å². The number of amides is 1. The summed E-state index contributed by atoms with van der Waals surface area (Å²) in [4.78, 5) is 19.7. The van der Waals surface area contributed by atoms with Gasteiger partial charge in [0.05, 0.1) is 30.7 Å². The molecule has 26 heavy (non-hydrogen) atoms. The Balaban J connectivity index is 1.84. The van der Waals surface area contributed by atoms with E-state index in [0.29, 0.717) is 22.4 Å². The van der Waals surface area contributed by atoms with E-state index < -0.39 is 0 Å². The number of thioether (sulfide) groups is 1. The van der Waals surface area contributed by atoms with E-state index in [2.05, 4.69) is 16.3 Å². The Hall–Kier alpha value is -2.16. The lowest BCUT2D eigenvalue weighted by Crippen LogP contribution is -2.37. The molecule has 0 unspecified atom stereocenters. The molecule has 6 nitrogen and oxygen atoms in total. The summed E-state index contributed by atoms with van der Waals surface area (Å²) >= 11 is 6.36. The molecule has 3 heterocycles. The second-order valence-corrected chi connectivity index (χ2v) is 7.63. The number of morpholine rings is 1. The predicted molar refractivity (Wildman–Crippen MR) is 108 cm³/mol. The van der Waals surface area contributed by atoms with Crippen LogP contribution >= 0.6 is 24.0 Å². The minimum Gasteiger partial charge on any atom is -0.497 e. The highest BCUT2D eigenvalue weighted by molar-refractivity contribution is 8.26. The van der Waals surface area contributed by atoms with Crippen LogP contribution in [0.3, 0.4) is 0 Å². The topological polar surface area (TPSA) is 63.7 Å². The molecule has 0 atom stereocenters. The highest BCUT2D eigenvalue weighted by atomic mass is 32.2. The third-order valence-electron chi connectivity index (χ3n) is 4.27. The first-order valence-corrected chi connectivity index (χ1v) is 9.43. The number of aromatic nitrogens is 1. The molecular formula is C18H17N3O3S2. The van der Waals surface area contributed by atoms with Crippen molar-refractivity contribution in [3.05, 3.63) is 34.7 Å². The van der Waals surface area contributed by atoms with Crippen LogP contribution < -0.4 is 15.0 Å². The van der Waals surface area contributed by atoms with E-state index in [1.807, 2.05) is 24.3 Å². The van der Waals surface area contributed by atoms with E-state index in [4.69, 9.17) is 26.7 Å². The zero-order valence-corrected chi connectivity index (χ0v) is 15.8. The van der Waals surface area contributed by atoms with Gasteiger partial charge in [0, 0.05) is 30.1 Å². The first-order valence-electron chi connectivity index (χ1n) is 8.20. The van der Waals surface area contributed by atoms with Crippen LogP contribution in [0.5, 0.6) is 5.75 Å². The number of anilines is 1. The number of methoxy groups -OCH3 is 1. The Morgan fingerprint density at radius 2 is 2.15 bits per heavy atom. The third-order valence-corrected chi connectivity index (χ3v) is 5.44. The summed E-state index contributed by atoms with van der Waals surface area (Å²) in [5.41, 5.74) is 1.75. The number of fused-ring (bicyclic) bond motifs is 1. The van der Waals surface area contributed by atoms with Gasteiger partial charge in [-0.15, -0.1) is 0 Å². The first-order chi connectivity index (χ1) is 12.6. The summed E-state index contributed by atoms with van der Waals surface area (Å²) in [6, 6.07) is 7.84. The molecule has 0 radical (unpaired) electrons. The fourth-order valence-corrected chi connectivity index (χ4v) is 4.01. The van der Waals surface area contributed by atoms with Crippen molar-refractivity contribution in [2.45, 2.75) is 0 Å². The molecule has 2 aliphatic rings. The van der Waals surface area contributed by atoms with Gasteiger partial charge in [-0.2, -0.15) is 0 Å². The number of hydrogen-bond acceptors (Lipinski definition) is 7. The SMILES string of the molecule is COc1ccc2cc(/C=C3/SC(=S)NC3=O)c(N3CCOCC3)nc2c1. The van der Waals surface area contributed by atoms with Gasteiger partial charge in [-0.3, -0.25) is 4.79 Å². The number of nitrogens with zero attached hydrogens (tertiary/aromatic N) is 2. The maximum absolute atomic E-state index is 12.1. The van der Waals surface area contributed by atoms with Crippen molar-refractivity contribution in [1.29, 1.82) is 0 Å². The number of carbonyl (C=O) groups excluding carboxylic acids is 1. The summed E-state index contributed by atoms with van der Waals surface area (Å²) in [7, 11) is 1.64. The summed E-state index contributed by atoms with van der Waals surface area (Å²) in [6.07, 6.45) is 1.86. The maximum atomic E-state index is 12.1. The maximum Gasteiger partial charge on any atom is 0.263 e. The molecule has 8 heteroatoms. The largest absolute Gasteiger partial charge is 0.497 e. The van der Waals surface area contributed by atoms with Crippen molar-refractivity contribution in [3.63, 3.8) is 0 Å². The Morgan fingerprint density at radius 1 is 1.35 bits per heavy atom. The van der Waals surface area contributed by atoms with E-state index >= 15 is 0 Å². The molecule has 0 spiro atoms. The monoisotopic (exact) mass is 387 g/mol. The van der Waals surface area contributed by atoms with Gasteiger partial charge in [0.25, 0.3) is 5.91 Å². The van der Waals surface area contributed by atoms with Gasteiger partial charge in [0.15, 0.2) is 0 Å². The van der Waals surface area contributed by atoms with Gasteiger partial charge in [0.1, 0.15) is 15.9 Å². The Bertz CT molecular complexity index is 923. The van der Waals surface area contributed by atoms with Crippen LogP contribution in [-0.4, -0.2) is 48.6 Å². The van der Waals surface area contributed by atoms with E-state index in [-0.39, 0.29) is 5.91 Å². The van der Waals surface area contributed by atoms with Crippen molar-refractivity contribution in [2.24, 2.45) is 0 Å². The van der Waals surface area contributed by atoms with Crippen LogP contribution in [0.2, 0.25) is 0 Å². The minimum atomic E-state index is -0.164. The van der Waals surface area contributed by atoms with Gasteiger partial charge in [-0.25, -0.2) is 4.98 Å². The highest BCUT2D eigenvalue weighted by Gasteiger charge is 2.24. The fraction of sp³-hybridized carbons (Fsp3) is 0.278. The molecule has 2 aromatic rings. The number of rotatable bonds is 3. The lowest BCUT2D eigenvalue weighted by Gasteiger charge is -2.29. The van der Waals surface area contributed by atoms with Crippen molar-refractivity contribution in [1.82, 2.24) is 10.3 Å².